The molecule has 0 unspecified atom stereocenters. The standard InChI is InChI=1S/C15H16ClFN4O/c16-14-5-13(12(8-19-14)15(22)11-1-2-11)18-6-10-7-20-21(9-10)4-3-17/h5,7-9,11H,1-4,6H2,(H,18,19). The number of nitrogens with one attached hydrogen (secondary N) is 1. The van der Waals surface area contributed by atoms with Crippen LogP contribution in [0.1, 0.15) is 28.8 Å². The summed E-state index contributed by atoms with van der Waals surface area (Å²) in [6.07, 6.45) is 6.86. The van der Waals surface area contributed by atoms with Crippen LogP contribution in [0, 0.1) is 5.92 Å². The van der Waals surface area contributed by atoms with Crippen molar-refractivity contribution in [2.75, 3.05) is 12.0 Å². The number of hydrogen-bond donors (Lipinski definition) is 1. The van der Waals surface area contributed by atoms with Gasteiger partial charge in [0.25, 0.3) is 0 Å². The van der Waals surface area contributed by atoms with Gasteiger partial charge in [0.15, 0.2) is 5.78 Å². The van der Waals surface area contributed by atoms with E-state index in [-0.39, 0.29) is 18.2 Å². The first-order valence-electron chi connectivity index (χ1n) is 7.18. The Bertz CT molecular complexity index is 684. The third-order valence-corrected chi connectivity index (χ3v) is 3.77. The Hall–Kier alpha value is -1.95. The number of rotatable bonds is 7. The van der Waals surface area contributed by atoms with Gasteiger partial charge in [-0.1, -0.05) is 11.6 Å². The van der Waals surface area contributed by atoms with E-state index in [0.29, 0.717) is 22.9 Å². The Morgan fingerprint density at radius 2 is 2.27 bits per heavy atom. The minimum atomic E-state index is -0.450. The molecular formula is C15H16ClFN4O. The molecule has 0 amide bonds. The zero-order valence-electron chi connectivity index (χ0n) is 11.9. The van der Waals surface area contributed by atoms with Gasteiger partial charge in [-0.25, -0.2) is 9.37 Å². The highest BCUT2D eigenvalue weighted by Crippen LogP contribution is 2.35. The summed E-state index contributed by atoms with van der Waals surface area (Å²) in [5.74, 6) is 0.232. The normalized spacial score (nSPS) is 14.1. The highest BCUT2D eigenvalue weighted by molar-refractivity contribution is 6.29. The number of halogens is 2. The van der Waals surface area contributed by atoms with Crippen LogP contribution in [-0.2, 0) is 13.1 Å². The number of ketones is 1. The fraction of sp³-hybridized carbons (Fsp3) is 0.400. The minimum absolute atomic E-state index is 0.111. The Labute approximate surface area is 132 Å². The molecule has 0 saturated heterocycles. The van der Waals surface area contributed by atoms with Crippen molar-refractivity contribution in [3.8, 4) is 0 Å². The zero-order chi connectivity index (χ0) is 15.5. The van der Waals surface area contributed by atoms with Crippen LogP contribution in [0.15, 0.2) is 24.7 Å². The molecule has 3 rings (SSSR count). The molecule has 7 heteroatoms. The Kier molecular flexibility index (Phi) is 4.38. The average molecular weight is 323 g/mol. The molecule has 1 aliphatic rings. The smallest absolute Gasteiger partial charge is 0.169 e. The number of aryl methyl sites for hydroxylation is 1. The molecule has 1 N–H and O–H groups in total. The maximum absolute atomic E-state index is 12.3. The first-order valence-corrected chi connectivity index (χ1v) is 7.56. The van der Waals surface area contributed by atoms with Crippen molar-refractivity contribution in [3.63, 3.8) is 0 Å². The molecule has 0 radical (unpaired) electrons. The second-order valence-corrected chi connectivity index (χ2v) is 5.73. The van der Waals surface area contributed by atoms with E-state index in [1.807, 2.05) is 0 Å². The molecule has 0 atom stereocenters. The minimum Gasteiger partial charge on any atom is -0.380 e. The number of nitrogens with zero attached hydrogens (tertiary/aromatic N) is 3. The molecule has 0 bridgehead atoms. The van der Waals surface area contributed by atoms with Gasteiger partial charge >= 0.3 is 0 Å². The van der Waals surface area contributed by atoms with Gasteiger partial charge in [0.05, 0.1) is 18.3 Å². The number of Topliss-reactive ketones (excluding diaryl/α,β-unsaturated/α-hetero) is 1. The van der Waals surface area contributed by atoms with Crippen LogP contribution < -0.4 is 5.32 Å². The molecule has 2 aromatic rings. The van der Waals surface area contributed by atoms with E-state index in [2.05, 4.69) is 15.4 Å². The highest BCUT2D eigenvalue weighted by Gasteiger charge is 2.32. The molecule has 1 aliphatic carbocycles. The summed E-state index contributed by atoms with van der Waals surface area (Å²) in [7, 11) is 0. The largest absolute Gasteiger partial charge is 0.380 e. The number of carbonyl (C=O) groups excluding carboxylic acids is 1. The Balaban J connectivity index is 1.72. The van der Waals surface area contributed by atoms with Gasteiger partial charge in [0.2, 0.25) is 0 Å². The monoisotopic (exact) mass is 322 g/mol. The van der Waals surface area contributed by atoms with Crippen molar-refractivity contribution in [2.24, 2.45) is 5.92 Å². The number of alkyl halides is 1. The summed E-state index contributed by atoms with van der Waals surface area (Å²) in [4.78, 5) is 16.3. The molecule has 1 saturated carbocycles. The third-order valence-electron chi connectivity index (χ3n) is 3.57. The molecule has 0 spiro atoms. The average Bonchev–Trinajstić information content (AvgIpc) is 3.26. The molecule has 116 valence electrons. The van der Waals surface area contributed by atoms with Crippen molar-refractivity contribution in [2.45, 2.75) is 25.9 Å². The highest BCUT2D eigenvalue weighted by atomic mass is 35.5. The van der Waals surface area contributed by atoms with Crippen LogP contribution in [0.4, 0.5) is 10.1 Å². The number of carbonyl (C=O) groups is 1. The van der Waals surface area contributed by atoms with Gasteiger partial charge in [-0.15, -0.1) is 0 Å². The van der Waals surface area contributed by atoms with E-state index < -0.39 is 6.67 Å². The van der Waals surface area contributed by atoms with Crippen LogP contribution in [-0.4, -0.2) is 27.2 Å². The fourth-order valence-corrected chi connectivity index (χ4v) is 2.40. The van der Waals surface area contributed by atoms with E-state index in [0.717, 1.165) is 18.4 Å². The summed E-state index contributed by atoms with van der Waals surface area (Å²) in [5.41, 5.74) is 2.16. The first kappa shape index (κ1) is 15.0. The van der Waals surface area contributed by atoms with E-state index in [1.165, 1.54) is 6.20 Å². The van der Waals surface area contributed by atoms with Crippen LogP contribution in [0.2, 0.25) is 5.15 Å². The van der Waals surface area contributed by atoms with Gasteiger partial charge in [-0.2, -0.15) is 5.10 Å². The predicted molar refractivity (Wildman–Crippen MR) is 81.8 cm³/mol. The molecule has 1 fully saturated rings. The maximum Gasteiger partial charge on any atom is 0.169 e. The second kappa shape index (κ2) is 6.44. The molecule has 22 heavy (non-hydrogen) atoms. The summed E-state index contributed by atoms with van der Waals surface area (Å²) in [5, 5.41) is 7.60. The number of pyridine rings is 1. The number of hydrogen-bond acceptors (Lipinski definition) is 4. The van der Waals surface area contributed by atoms with E-state index in [4.69, 9.17) is 11.6 Å². The topological polar surface area (TPSA) is 59.8 Å². The SMILES string of the molecule is O=C(c1cnc(Cl)cc1NCc1cnn(CCF)c1)C1CC1. The van der Waals surface area contributed by atoms with Crippen molar-refractivity contribution in [1.82, 2.24) is 14.8 Å². The summed E-state index contributed by atoms with van der Waals surface area (Å²) in [6, 6.07) is 1.66. The van der Waals surface area contributed by atoms with Gasteiger partial charge in [0.1, 0.15) is 11.8 Å². The van der Waals surface area contributed by atoms with Gasteiger partial charge < -0.3 is 5.32 Å². The van der Waals surface area contributed by atoms with Crippen LogP contribution in [0.5, 0.6) is 0 Å². The number of aromatic nitrogens is 3. The summed E-state index contributed by atoms with van der Waals surface area (Å²) < 4.78 is 13.8. The molecule has 0 aromatic carbocycles. The van der Waals surface area contributed by atoms with Gasteiger partial charge in [0, 0.05) is 36.1 Å². The first-order chi connectivity index (χ1) is 10.7. The van der Waals surface area contributed by atoms with Crippen molar-refractivity contribution in [3.05, 3.63) is 40.9 Å². The van der Waals surface area contributed by atoms with Crippen molar-refractivity contribution in [1.29, 1.82) is 0 Å². The lowest BCUT2D eigenvalue weighted by atomic mass is 10.1. The summed E-state index contributed by atoms with van der Waals surface area (Å²) >= 11 is 5.92. The molecule has 2 heterocycles. The van der Waals surface area contributed by atoms with Gasteiger partial charge in [-0.3, -0.25) is 9.48 Å². The lowest BCUT2D eigenvalue weighted by molar-refractivity contribution is 0.0968. The number of anilines is 1. The van der Waals surface area contributed by atoms with E-state index in [1.54, 1.807) is 23.1 Å². The fourth-order valence-electron chi connectivity index (χ4n) is 2.24. The Morgan fingerprint density at radius 3 is 3.00 bits per heavy atom. The quantitative estimate of drug-likeness (QED) is 0.628. The third kappa shape index (κ3) is 3.44. The van der Waals surface area contributed by atoms with Crippen LogP contribution in [0.3, 0.4) is 0 Å². The van der Waals surface area contributed by atoms with E-state index in [9.17, 15) is 9.18 Å². The lowest BCUT2D eigenvalue weighted by Gasteiger charge is -2.10. The second-order valence-electron chi connectivity index (χ2n) is 5.35. The van der Waals surface area contributed by atoms with Crippen molar-refractivity contribution < 1.29 is 9.18 Å². The molecular weight excluding hydrogens is 307 g/mol. The van der Waals surface area contributed by atoms with Gasteiger partial charge in [-0.05, 0) is 18.9 Å². The lowest BCUT2D eigenvalue weighted by Crippen LogP contribution is -2.09. The zero-order valence-corrected chi connectivity index (χ0v) is 12.7. The van der Waals surface area contributed by atoms with E-state index >= 15 is 0 Å². The molecule has 0 aliphatic heterocycles. The van der Waals surface area contributed by atoms with Crippen molar-refractivity contribution >= 4 is 23.1 Å². The van der Waals surface area contributed by atoms with Crippen LogP contribution in [0.25, 0.3) is 0 Å². The Morgan fingerprint density at radius 1 is 1.45 bits per heavy atom. The maximum atomic E-state index is 12.3. The van der Waals surface area contributed by atoms with Crippen LogP contribution >= 0.6 is 11.6 Å². The summed E-state index contributed by atoms with van der Waals surface area (Å²) in [6.45, 7) is 0.276. The molecule has 2 aromatic heterocycles. The predicted octanol–water partition coefficient (Wildman–Crippen LogP) is 3.11. The molecule has 5 nitrogen and oxygen atoms in total.